The van der Waals surface area contributed by atoms with Crippen molar-refractivity contribution < 1.29 is 4.39 Å². The Labute approximate surface area is 74.0 Å². The molecule has 66 valence electrons. The van der Waals surface area contributed by atoms with Crippen LogP contribution >= 0.6 is 0 Å². The average Bonchev–Trinajstić information content (AvgIpc) is 2.07. The number of hydrogen-bond donors (Lipinski definition) is 1. The van der Waals surface area contributed by atoms with Crippen molar-refractivity contribution in [1.29, 1.82) is 0 Å². The van der Waals surface area contributed by atoms with E-state index in [1.165, 1.54) is 12.1 Å². The number of H-pyrrole nitrogens is 1. The summed E-state index contributed by atoms with van der Waals surface area (Å²) < 4.78 is 13.2. The minimum absolute atomic E-state index is 0.268. The SMILES string of the molecule is Cc1[nH]c(=O)cc2c(F)cccc12. The number of aromatic amines is 1. The smallest absolute Gasteiger partial charge is 0.248 e. The second kappa shape index (κ2) is 2.69. The highest BCUT2D eigenvalue weighted by molar-refractivity contribution is 5.84. The molecule has 0 saturated heterocycles. The van der Waals surface area contributed by atoms with Crippen LogP contribution in [-0.2, 0) is 0 Å². The summed E-state index contributed by atoms with van der Waals surface area (Å²) in [4.78, 5) is 13.7. The number of pyridine rings is 1. The molecule has 2 nitrogen and oxygen atoms in total. The van der Waals surface area contributed by atoms with Gasteiger partial charge < -0.3 is 4.98 Å². The first-order valence-corrected chi connectivity index (χ1v) is 3.96. The molecule has 0 saturated carbocycles. The van der Waals surface area contributed by atoms with Gasteiger partial charge in [0.15, 0.2) is 0 Å². The third-order valence-corrected chi connectivity index (χ3v) is 2.04. The Bertz CT molecular complexity index is 516. The molecule has 13 heavy (non-hydrogen) atoms. The van der Waals surface area contributed by atoms with E-state index in [1.807, 2.05) is 0 Å². The van der Waals surface area contributed by atoms with Crippen LogP contribution in [0.2, 0.25) is 0 Å². The number of hydrogen-bond acceptors (Lipinski definition) is 1. The first-order chi connectivity index (χ1) is 6.18. The molecule has 0 aliphatic carbocycles. The van der Waals surface area contributed by atoms with Crippen molar-refractivity contribution in [2.45, 2.75) is 6.92 Å². The van der Waals surface area contributed by atoms with Crippen LogP contribution < -0.4 is 5.56 Å². The summed E-state index contributed by atoms with van der Waals surface area (Å²) in [5.41, 5.74) is 0.428. The number of fused-ring (bicyclic) bond motifs is 1. The summed E-state index contributed by atoms with van der Waals surface area (Å²) in [6.07, 6.45) is 0. The molecule has 2 aromatic rings. The monoisotopic (exact) mass is 177 g/mol. The molecule has 1 N–H and O–H groups in total. The standard InChI is InChI=1S/C10H8FNO/c1-6-7-3-2-4-9(11)8(7)5-10(13)12-6/h2-5H,1H3,(H,12,13). The number of aryl methyl sites for hydroxylation is 1. The fraction of sp³-hybridized carbons (Fsp3) is 0.100. The Morgan fingerprint density at radius 1 is 1.31 bits per heavy atom. The minimum atomic E-state index is -0.355. The van der Waals surface area contributed by atoms with Crippen LogP contribution in [0, 0.1) is 12.7 Å². The van der Waals surface area contributed by atoms with Crippen molar-refractivity contribution in [2.75, 3.05) is 0 Å². The molecule has 1 aromatic heterocycles. The topological polar surface area (TPSA) is 32.9 Å². The van der Waals surface area contributed by atoms with Gasteiger partial charge in [-0.1, -0.05) is 12.1 Å². The third-order valence-electron chi connectivity index (χ3n) is 2.04. The lowest BCUT2D eigenvalue weighted by molar-refractivity contribution is 0.639. The Morgan fingerprint density at radius 2 is 2.08 bits per heavy atom. The van der Waals surface area contributed by atoms with Crippen LogP contribution in [0.3, 0.4) is 0 Å². The van der Waals surface area contributed by atoms with Gasteiger partial charge >= 0.3 is 0 Å². The van der Waals surface area contributed by atoms with E-state index in [0.717, 1.165) is 5.39 Å². The van der Waals surface area contributed by atoms with Crippen molar-refractivity contribution >= 4 is 10.8 Å². The molecule has 0 radical (unpaired) electrons. The second-order valence-corrected chi connectivity index (χ2v) is 2.96. The number of nitrogens with one attached hydrogen (secondary N) is 1. The highest BCUT2D eigenvalue weighted by atomic mass is 19.1. The van der Waals surface area contributed by atoms with Crippen molar-refractivity contribution in [1.82, 2.24) is 4.98 Å². The largest absolute Gasteiger partial charge is 0.326 e. The van der Waals surface area contributed by atoms with E-state index >= 15 is 0 Å². The maximum atomic E-state index is 13.2. The van der Waals surface area contributed by atoms with Crippen LogP contribution in [0.25, 0.3) is 10.8 Å². The summed E-state index contributed by atoms with van der Waals surface area (Å²) >= 11 is 0. The molecule has 0 aliphatic rings. The molecular weight excluding hydrogens is 169 g/mol. The van der Waals surface area contributed by atoms with E-state index in [2.05, 4.69) is 4.98 Å². The van der Waals surface area contributed by atoms with Crippen molar-refractivity contribution in [3.05, 3.63) is 46.1 Å². The van der Waals surface area contributed by atoms with Crippen LogP contribution in [-0.4, -0.2) is 4.98 Å². The van der Waals surface area contributed by atoms with Gasteiger partial charge in [-0.15, -0.1) is 0 Å². The van der Waals surface area contributed by atoms with Gasteiger partial charge in [-0.25, -0.2) is 4.39 Å². The van der Waals surface area contributed by atoms with Gasteiger partial charge in [0.1, 0.15) is 5.82 Å². The van der Waals surface area contributed by atoms with Gasteiger partial charge in [-0.3, -0.25) is 4.79 Å². The third kappa shape index (κ3) is 1.22. The Balaban J connectivity index is 3.03. The number of aromatic nitrogens is 1. The van der Waals surface area contributed by atoms with Crippen molar-refractivity contribution in [3.63, 3.8) is 0 Å². The first kappa shape index (κ1) is 7.98. The molecule has 2 rings (SSSR count). The zero-order chi connectivity index (χ0) is 9.42. The number of halogens is 1. The van der Waals surface area contributed by atoms with Gasteiger partial charge in [0.25, 0.3) is 0 Å². The van der Waals surface area contributed by atoms with E-state index < -0.39 is 0 Å². The average molecular weight is 177 g/mol. The maximum Gasteiger partial charge on any atom is 0.248 e. The Morgan fingerprint density at radius 3 is 2.85 bits per heavy atom. The number of rotatable bonds is 0. The van der Waals surface area contributed by atoms with E-state index in [0.29, 0.717) is 11.1 Å². The highest BCUT2D eigenvalue weighted by Crippen LogP contribution is 2.17. The van der Waals surface area contributed by atoms with Crippen molar-refractivity contribution in [2.24, 2.45) is 0 Å². The lowest BCUT2D eigenvalue weighted by Gasteiger charge is -2.01. The van der Waals surface area contributed by atoms with Gasteiger partial charge in [0.2, 0.25) is 5.56 Å². The molecule has 0 fully saturated rings. The normalized spacial score (nSPS) is 10.6. The number of benzene rings is 1. The second-order valence-electron chi connectivity index (χ2n) is 2.96. The summed E-state index contributed by atoms with van der Waals surface area (Å²) in [7, 11) is 0. The molecular formula is C10H8FNO. The quantitative estimate of drug-likeness (QED) is 0.655. The van der Waals surface area contributed by atoms with E-state index in [1.54, 1.807) is 19.1 Å². The van der Waals surface area contributed by atoms with E-state index in [4.69, 9.17) is 0 Å². The Hall–Kier alpha value is -1.64. The Kier molecular flexibility index (Phi) is 1.65. The molecule has 0 unspecified atom stereocenters. The van der Waals surface area contributed by atoms with Crippen LogP contribution in [0.15, 0.2) is 29.1 Å². The molecule has 0 aliphatic heterocycles. The minimum Gasteiger partial charge on any atom is -0.326 e. The van der Waals surface area contributed by atoms with Crippen LogP contribution in [0.4, 0.5) is 4.39 Å². The maximum absolute atomic E-state index is 13.2. The highest BCUT2D eigenvalue weighted by Gasteiger charge is 2.02. The molecule has 0 amide bonds. The van der Waals surface area contributed by atoms with Gasteiger partial charge in [-0.2, -0.15) is 0 Å². The van der Waals surface area contributed by atoms with Gasteiger partial charge in [0.05, 0.1) is 0 Å². The predicted octanol–water partition coefficient (Wildman–Crippen LogP) is 1.98. The van der Waals surface area contributed by atoms with E-state index in [-0.39, 0.29) is 11.4 Å². The molecule has 3 heteroatoms. The summed E-state index contributed by atoms with van der Waals surface area (Å²) in [6, 6.07) is 6.03. The zero-order valence-corrected chi connectivity index (χ0v) is 7.10. The van der Waals surface area contributed by atoms with Crippen LogP contribution in [0.1, 0.15) is 5.69 Å². The fourth-order valence-corrected chi connectivity index (χ4v) is 1.43. The molecule has 0 atom stereocenters. The van der Waals surface area contributed by atoms with E-state index in [9.17, 15) is 9.18 Å². The molecule has 0 spiro atoms. The van der Waals surface area contributed by atoms with Crippen molar-refractivity contribution in [3.8, 4) is 0 Å². The summed E-state index contributed by atoms with van der Waals surface area (Å²) in [6.45, 7) is 1.75. The fourth-order valence-electron chi connectivity index (χ4n) is 1.43. The van der Waals surface area contributed by atoms with Gasteiger partial charge in [0, 0.05) is 22.5 Å². The predicted molar refractivity (Wildman–Crippen MR) is 49.3 cm³/mol. The summed E-state index contributed by atoms with van der Waals surface area (Å²) in [5, 5.41) is 1.13. The van der Waals surface area contributed by atoms with Gasteiger partial charge in [-0.05, 0) is 13.0 Å². The lowest BCUT2D eigenvalue weighted by atomic mass is 10.1. The molecule has 0 bridgehead atoms. The zero-order valence-electron chi connectivity index (χ0n) is 7.10. The lowest BCUT2D eigenvalue weighted by Crippen LogP contribution is -2.05. The first-order valence-electron chi connectivity index (χ1n) is 3.96. The van der Waals surface area contributed by atoms with Crippen LogP contribution in [0.5, 0.6) is 0 Å². The molecule has 1 heterocycles. The summed E-state index contributed by atoms with van der Waals surface area (Å²) in [5.74, 6) is -0.355. The molecule has 1 aromatic carbocycles.